The second-order valence-electron chi connectivity index (χ2n) is 7.73. The van der Waals surface area contributed by atoms with E-state index in [4.69, 9.17) is 4.74 Å². The molecule has 0 saturated heterocycles. The molecule has 0 aliphatic heterocycles. The van der Waals surface area contributed by atoms with Crippen molar-refractivity contribution in [1.82, 2.24) is 9.55 Å². The summed E-state index contributed by atoms with van der Waals surface area (Å²) in [4.78, 5) is 30.3. The van der Waals surface area contributed by atoms with E-state index in [2.05, 4.69) is 20.2 Å². The van der Waals surface area contributed by atoms with Gasteiger partial charge in [-0.25, -0.2) is 4.98 Å². The second-order valence-corrected chi connectivity index (χ2v) is 8.68. The zero-order valence-corrected chi connectivity index (χ0v) is 19.9. The summed E-state index contributed by atoms with van der Waals surface area (Å²) in [5.41, 5.74) is 4.49. The molecule has 0 spiro atoms. The average Bonchev–Trinajstić information content (AvgIpc) is 3.19. The van der Waals surface area contributed by atoms with Gasteiger partial charge in [0.15, 0.2) is 5.16 Å². The lowest BCUT2D eigenvalue weighted by atomic mass is 10.1. The number of nitrogens with zero attached hydrogens (tertiary/aromatic N) is 2. The molecule has 4 rings (SSSR count). The molecule has 0 aliphatic carbocycles. The van der Waals surface area contributed by atoms with Crippen LogP contribution in [0.3, 0.4) is 0 Å². The van der Waals surface area contributed by atoms with Crippen LogP contribution in [0.4, 0.5) is 11.4 Å². The molecule has 0 fully saturated rings. The fourth-order valence-corrected chi connectivity index (χ4v) is 4.43. The van der Waals surface area contributed by atoms with Gasteiger partial charge in [-0.3, -0.25) is 9.59 Å². The van der Waals surface area contributed by atoms with Gasteiger partial charge in [0.2, 0.25) is 5.91 Å². The lowest BCUT2D eigenvalue weighted by Crippen LogP contribution is -2.19. The summed E-state index contributed by atoms with van der Waals surface area (Å²) in [6.45, 7) is 3.15. The zero-order chi connectivity index (χ0) is 23.9. The number of ether oxygens (including phenoxy) is 1. The van der Waals surface area contributed by atoms with Gasteiger partial charge < -0.3 is 19.9 Å². The summed E-state index contributed by atoms with van der Waals surface area (Å²) in [6.07, 6.45) is 0. The molecular formula is C26H26N4O3S. The van der Waals surface area contributed by atoms with Crippen molar-refractivity contribution in [2.45, 2.75) is 18.6 Å². The van der Waals surface area contributed by atoms with E-state index in [9.17, 15) is 9.59 Å². The van der Waals surface area contributed by atoms with E-state index in [1.807, 2.05) is 55.5 Å². The molecule has 0 unspecified atom stereocenters. The highest BCUT2D eigenvalue weighted by molar-refractivity contribution is 7.99. The third-order valence-corrected chi connectivity index (χ3v) is 6.17. The molecule has 0 atom stereocenters. The molecule has 2 N–H and O–H groups in total. The summed E-state index contributed by atoms with van der Waals surface area (Å²) >= 11 is 1.35. The minimum atomic E-state index is -0.282. The number of aryl methyl sites for hydroxylation is 1. The van der Waals surface area contributed by atoms with Crippen molar-refractivity contribution in [1.29, 1.82) is 0 Å². The molecule has 34 heavy (non-hydrogen) atoms. The van der Waals surface area contributed by atoms with E-state index in [-0.39, 0.29) is 17.6 Å². The fourth-order valence-electron chi connectivity index (χ4n) is 3.59. The third kappa shape index (κ3) is 5.65. The Morgan fingerprint density at radius 3 is 2.62 bits per heavy atom. The van der Waals surface area contributed by atoms with Gasteiger partial charge in [-0.2, -0.15) is 0 Å². The van der Waals surface area contributed by atoms with Crippen molar-refractivity contribution in [3.05, 3.63) is 83.9 Å². The largest absolute Gasteiger partial charge is 0.383 e. The number of rotatable bonds is 9. The lowest BCUT2D eigenvalue weighted by Gasteiger charge is -2.12. The molecular weight excluding hydrogens is 448 g/mol. The van der Waals surface area contributed by atoms with E-state index in [1.54, 1.807) is 31.4 Å². The molecule has 3 aromatic carbocycles. The highest BCUT2D eigenvalue weighted by atomic mass is 32.2. The van der Waals surface area contributed by atoms with Crippen LogP contribution in [-0.2, 0) is 16.1 Å². The highest BCUT2D eigenvalue weighted by Crippen LogP contribution is 2.25. The molecule has 2 amide bonds. The van der Waals surface area contributed by atoms with Gasteiger partial charge in [0.05, 0.1) is 34.6 Å². The number of para-hydroxylation sites is 3. The maximum absolute atomic E-state index is 12.9. The van der Waals surface area contributed by atoms with Crippen LogP contribution in [0.25, 0.3) is 11.0 Å². The first-order chi connectivity index (χ1) is 16.5. The Morgan fingerprint density at radius 1 is 1.00 bits per heavy atom. The monoisotopic (exact) mass is 474 g/mol. The van der Waals surface area contributed by atoms with Crippen LogP contribution >= 0.6 is 11.8 Å². The minimum absolute atomic E-state index is 0.157. The molecule has 0 aliphatic rings. The maximum atomic E-state index is 12.9. The minimum Gasteiger partial charge on any atom is -0.383 e. The van der Waals surface area contributed by atoms with E-state index >= 15 is 0 Å². The van der Waals surface area contributed by atoms with Crippen LogP contribution < -0.4 is 10.6 Å². The number of benzene rings is 3. The quantitative estimate of drug-likeness (QED) is 0.335. The molecule has 0 saturated carbocycles. The van der Waals surface area contributed by atoms with Gasteiger partial charge >= 0.3 is 0 Å². The number of anilines is 2. The maximum Gasteiger partial charge on any atom is 0.257 e. The van der Waals surface area contributed by atoms with Gasteiger partial charge in [0.25, 0.3) is 5.91 Å². The number of thioether (sulfide) groups is 1. The fraction of sp³-hybridized carbons (Fsp3) is 0.192. The third-order valence-electron chi connectivity index (χ3n) is 5.19. The van der Waals surface area contributed by atoms with E-state index in [0.717, 1.165) is 21.8 Å². The predicted octanol–water partition coefficient (Wildman–Crippen LogP) is 4.97. The van der Waals surface area contributed by atoms with Crippen LogP contribution in [-0.4, -0.2) is 40.8 Å². The van der Waals surface area contributed by atoms with Gasteiger partial charge in [-0.15, -0.1) is 0 Å². The first-order valence-electron chi connectivity index (χ1n) is 10.9. The van der Waals surface area contributed by atoms with Crippen LogP contribution in [0.15, 0.2) is 78.0 Å². The number of imidazole rings is 1. The standard InChI is InChI=1S/C26H26N4O3S/c1-18-8-7-9-19(16-18)27-25(32)20-10-3-4-11-21(20)28-24(31)17-34-26-29-22-12-5-6-13-23(22)30(26)14-15-33-2/h3-13,16H,14-15,17H2,1-2H3,(H,27,32)(H,28,31). The number of fused-ring (bicyclic) bond motifs is 1. The molecule has 174 valence electrons. The first-order valence-corrected chi connectivity index (χ1v) is 11.9. The Hall–Kier alpha value is -3.62. The van der Waals surface area contributed by atoms with Gasteiger partial charge in [-0.1, -0.05) is 48.2 Å². The molecule has 0 bridgehead atoms. The smallest absolute Gasteiger partial charge is 0.257 e. The summed E-state index contributed by atoms with van der Waals surface area (Å²) in [5, 5.41) is 6.51. The van der Waals surface area contributed by atoms with Gasteiger partial charge in [0.1, 0.15) is 0 Å². The molecule has 7 nitrogen and oxygen atoms in total. The van der Waals surface area contributed by atoms with E-state index in [0.29, 0.717) is 30.1 Å². The van der Waals surface area contributed by atoms with E-state index < -0.39 is 0 Å². The van der Waals surface area contributed by atoms with Crippen molar-refractivity contribution in [2.75, 3.05) is 30.1 Å². The van der Waals surface area contributed by atoms with Crippen molar-refractivity contribution in [2.24, 2.45) is 0 Å². The summed E-state index contributed by atoms with van der Waals surface area (Å²) < 4.78 is 7.29. The van der Waals surface area contributed by atoms with Gasteiger partial charge in [0, 0.05) is 19.3 Å². The highest BCUT2D eigenvalue weighted by Gasteiger charge is 2.16. The predicted molar refractivity (Wildman–Crippen MR) is 137 cm³/mol. The molecule has 1 heterocycles. The van der Waals surface area contributed by atoms with Crippen molar-refractivity contribution in [3.8, 4) is 0 Å². The number of amides is 2. The Labute approximate surface area is 202 Å². The number of nitrogens with one attached hydrogen (secondary N) is 2. The lowest BCUT2D eigenvalue weighted by molar-refractivity contribution is -0.113. The first kappa shape index (κ1) is 23.5. The van der Waals surface area contributed by atoms with Crippen molar-refractivity contribution < 1.29 is 14.3 Å². The average molecular weight is 475 g/mol. The molecule has 0 radical (unpaired) electrons. The number of methoxy groups -OCH3 is 1. The van der Waals surface area contributed by atoms with Crippen LogP contribution in [0.2, 0.25) is 0 Å². The van der Waals surface area contributed by atoms with Crippen LogP contribution in [0, 0.1) is 6.92 Å². The zero-order valence-electron chi connectivity index (χ0n) is 19.1. The Balaban J connectivity index is 1.45. The SMILES string of the molecule is COCCn1c(SCC(=O)Nc2ccccc2C(=O)Nc2cccc(C)c2)nc2ccccc21. The Bertz CT molecular complexity index is 1320. The van der Waals surface area contributed by atoms with E-state index in [1.165, 1.54) is 11.8 Å². The number of hydrogen-bond donors (Lipinski definition) is 2. The van der Waals surface area contributed by atoms with Crippen molar-refractivity contribution >= 4 is 46.0 Å². The number of carbonyl (C=O) groups excluding carboxylic acids is 2. The molecule has 4 aromatic rings. The van der Waals surface area contributed by atoms with Crippen molar-refractivity contribution in [3.63, 3.8) is 0 Å². The summed E-state index contributed by atoms with van der Waals surface area (Å²) in [6, 6.07) is 22.4. The van der Waals surface area contributed by atoms with Crippen LogP contribution in [0.1, 0.15) is 15.9 Å². The number of aromatic nitrogens is 2. The summed E-state index contributed by atoms with van der Waals surface area (Å²) in [5.74, 6) is -0.342. The van der Waals surface area contributed by atoms with Gasteiger partial charge in [-0.05, 0) is 48.9 Å². The number of carbonyl (C=O) groups is 2. The normalized spacial score (nSPS) is 10.9. The summed E-state index contributed by atoms with van der Waals surface area (Å²) in [7, 11) is 1.66. The molecule has 8 heteroatoms. The topological polar surface area (TPSA) is 85.2 Å². The second kappa shape index (κ2) is 11.0. The Morgan fingerprint density at radius 2 is 1.79 bits per heavy atom. The number of hydrogen-bond acceptors (Lipinski definition) is 5. The molecule has 1 aromatic heterocycles. The van der Waals surface area contributed by atoms with Crippen LogP contribution in [0.5, 0.6) is 0 Å². The Kier molecular flexibility index (Phi) is 7.61.